The van der Waals surface area contributed by atoms with Gasteiger partial charge in [0.25, 0.3) is 0 Å². The lowest BCUT2D eigenvalue weighted by Crippen LogP contribution is -2.04. The quantitative estimate of drug-likeness (QED) is 0.396. The number of anilines is 2. The molecule has 0 radical (unpaired) electrons. The summed E-state index contributed by atoms with van der Waals surface area (Å²) in [6, 6.07) is 12.7. The molecule has 0 unspecified atom stereocenters. The van der Waals surface area contributed by atoms with Crippen molar-refractivity contribution in [3.05, 3.63) is 47.0 Å². The Morgan fingerprint density at radius 2 is 1.67 bits per heavy atom. The minimum atomic E-state index is 0.280. The zero-order valence-corrected chi connectivity index (χ0v) is 18.4. The van der Waals surface area contributed by atoms with Gasteiger partial charge in [0, 0.05) is 10.6 Å². The average Bonchev–Trinajstić information content (AvgIpc) is 2.78. The molecular weight excluding hydrogens is 424 g/mol. The predicted molar refractivity (Wildman–Crippen MR) is 118 cm³/mol. The van der Waals surface area contributed by atoms with Crippen LogP contribution < -0.4 is 19.5 Å². The first-order valence-corrected chi connectivity index (χ1v) is 10.3. The van der Waals surface area contributed by atoms with Crippen molar-refractivity contribution >= 4 is 34.9 Å². The molecule has 0 saturated heterocycles. The van der Waals surface area contributed by atoms with Gasteiger partial charge in [-0.2, -0.15) is 5.26 Å². The smallest absolute Gasteiger partial charge is 0.189 e. The van der Waals surface area contributed by atoms with Crippen molar-refractivity contribution < 1.29 is 14.2 Å². The molecule has 0 saturated carbocycles. The number of nitrogens with one attached hydrogen (secondary N) is 1. The van der Waals surface area contributed by atoms with Crippen molar-refractivity contribution in [2.24, 2.45) is 0 Å². The monoisotopic (exact) mass is 442 g/mol. The summed E-state index contributed by atoms with van der Waals surface area (Å²) >= 11 is 7.51. The lowest BCUT2D eigenvalue weighted by molar-refractivity contribution is 0.355. The Labute approximate surface area is 184 Å². The van der Waals surface area contributed by atoms with Crippen molar-refractivity contribution in [1.29, 1.82) is 5.26 Å². The van der Waals surface area contributed by atoms with Gasteiger partial charge in [0.15, 0.2) is 22.5 Å². The Bertz CT molecular complexity index is 1120. The maximum Gasteiger partial charge on any atom is 0.189 e. The molecule has 0 aliphatic heterocycles. The van der Waals surface area contributed by atoms with Crippen LogP contribution in [0.2, 0.25) is 5.02 Å². The molecule has 0 atom stereocenters. The van der Waals surface area contributed by atoms with E-state index in [-0.39, 0.29) is 5.56 Å². The van der Waals surface area contributed by atoms with Gasteiger partial charge >= 0.3 is 0 Å². The summed E-state index contributed by atoms with van der Waals surface area (Å²) < 4.78 is 16.1. The van der Waals surface area contributed by atoms with E-state index in [0.717, 1.165) is 0 Å². The summed E-state index contributed by atoms with van der Waals surface area (Å²) in [4.78, 5) is 9.05. The van der Waals surface area contributed by atoms with Crippen molar-refractivity contribution in [2.75, 3.05) is 32.9 Å². The van der Waals surface area contributed by atoms with Crippen LogP contribution in [0, 0.1) is 11.3 Å². The topological polar surface area (TPSA) is 89.3 Å². The standard InChI is InChI=1S/C21H19ClN4O3S/c1-27-16-8-6-13(22)10-15(16)24-20-14(11-23)19(25-21(26-20)30-4)12-5-7-17(28-2)18(9-12)29-3/h5-10H,1-4H3,(H,24,25,26). The van der Waals surface area contributed by atoms with E-state index in [2.05, 4.69) is 21.4 Å². The van der Waals surface area contributed by atoms with E-state index in [9.17, 15) is 5.26 Å². The second kappa shape index (κ2) is 9.57. The summed E-state index contributed by atoms with van der Waals surface area (Å²) in [6.45, 7) is 0. The molecular formula is C21H19ClN4O3S. The molecule has 3 aromatic rings. The highest BCUT2D eigenvalue weighted by Crippen LogP contribution is 2.37. The predicted octanol–water partition coefficient (Wildman–Crippen LogP) is 5.16. The molecule has 7 nitrogen and oxygen atoms in total. The molecule has 0 fully saturated rings. The number of ether oxygens (including phenoxy) is 3. The maximum atomic E-state index is 9.92. The molecule has 30 heavy (non-hydrogen) atoms. The molecule has 2 aromatic carbocycles. The van der Waals surface area contributed by atoms with E-state index >= 15 is 0 Å². The molecule has 0 bridgehead atoms. The van der Waals surface area contributed by atoms with Gasteiger partial charge in [-0.1, -0.05) is 23.4 Å². The number of nitriles is 1. The van der Waals surface area contributed by atoms with Gasteiger partial charge in [-0.25, -0.2) is 9.97 Å². The summed E-state index contributed by atoms with van der Waals surface area (Å²) in [7, 11) is 4.68. The lowest BCUT2D eigenvalue weighted by Gasteiger charge is -2.15. The third-order valence-electron chi connectivity index (χ3n) is 4.25. The first-order chi connectivity index (χ1) is 14.5. The van der Waals surface area contributed by atoms with Crippen LogP contribution in [-0.2, 0) is 0 Å². The fraction of sp³-hybridized carbons (Fsp3) is 0.190. The number of nitrogens with zero attached hydrogens (tertiary/aromatic N) is 3. The molecule has 0 aliphatic rings. The lowest BCUT2D eigenvalue weighted by atomic mass is 10.1. The van der Waals surface area contributed by atoms with Crippen LogP contribution in [0.5, 0.6) is 17.2 Å². The Balaban J connectivity index is 2.18. The van der Waals surface area contributed by atoms with E-state index in [0.29, 0.717) is 50.2 Å². The normalized spacial score (nSPS) is 10.3. The molecule has 1 heterocycles. The molecule has 1 aromatic heterocycles. The van der Waals surface area contributed by atoms with Crippen molar-refractivity contribution in [1.82, 2.24) is 9.97 Å². The fourth-order valence-electron chi connectivity index (χ4n) is 2.83. The van der Waals surface area contributed by atoms with Crippen molar-refractivity contribution in [2.45, 2.75) is 5.16 Å². The number of aromatic nitrogens is 2. The first-order valence-electron chi connectivity index (χ1n) is 8.73. The molecule has 9 heteroatoms. The van der Waals surface area contributed by atoms with Crippen LogP contribution >= 0.6 is 23.4 Å². The van der Waals surface area contributed by atoms with E-state index in [1.54, 1.807) is 51.7 Å². The van der Waals surface area contributed by atoms with Crippen molar-refractivity contribution in [3.63, 3.8) is 0 Å². The van der Waals surface area contributed by atoms with Crippen LogP contribution in [0.25, 0.3) is 11.3 Å². The number of hydrogen-bond acceptors (Lipinski definition) is 8. The highest BCUT2D eigenvalue weighted by Gasteiger charge is 2.19. The Morgan fingerprint density at radius 3 is 2.30 bits per heavy atom. The maximum absolute atomic E-state index is 9.92. The largest absolute Gasteiger partial charge is 0.495 e. The van der Waals surface area contributed by atoms with Gasteiger partial charge in [-0.3, -0.25) is 0 Å². The first kappa shape index (κ1) is 21.6. The van der Waals surface area contributed by atoms with Crippen LogP contribution in [-0.4, -0.2) is 37.6 Å². The summed E-state index contributed by atoms with van der Waals surface area (Å²) in [5.41, 5.74) is 2.04. The van der Waals surface area contributed by atoms with Crippen LogP contribution in [0.3, 0.4) is 0 Å². The molecule has 0 aliphatic carbocycles. The zero-order chi connectivity index (χ0) is 21.7. The molecule has 1 N–H and O–H groups in total. The Hall–Kier alpha value is -3.15. The van der Waals surface area contributed by atoms with Gasteiger partial charge in [-0.15, -0.1) is 0 Å². The van der Waals surface area contributed by atoms with E-state index in [1.165, 1.54) is 11.8 Å². The minimum Gasteiger partial charge on any atom is -0.495 e. The zero-order valence-electron chi connectivity index (χ0n) is 16.8. The SMILES string of the molecule is COc1ccc(Cl)cc1Nc1nc(SC)nc(-c2ccc(OC)c(OC)c2)c1C#N. The number of hydrogen-bond donors (Lipinski definition) is 1. The van der Waals surface area contributed by atoms with Crippen LogP contribution in [0.15, 0.2) is 41.6 Å². The third kappa shape index (κ3) is 4.37. The number of methoxy groups -OCH3 is 3. The molecule has 154 valence electrons. The molecule has 0 amide bonds. The number of rotatable bonds is 7. The highest BCUT2D eigenvalue weighted by molar-refractivity contribution is 7.98. The summed E-state index contributed by atoms with van der Waals surface area (Å²) in [5, 5.41) is 14.1. The van der Waals surface area contributed by atoms with Crippen LogP contribution in [0.1, 0.15) is 5.56 Å². The van der Waals surface area contributed by atoms with E-state index in [1.807, 2.05) is 12.3 Å². The number of thioether (sulfide) groups is 1. The fourth-order valence-corrected chi connectivity index (χ4v) is 3.36. The Kier molecular flexibility index (Phi) is 6.87. The van der Waals surface area contributed by atoms with Gasteiger partial charge in [0.2, 0.25) is 0 Å². The van der Waals surface area contributed by atoms with Crippen LogP contribution in [0.4, 0.5) is 11.5 Å². The summed E-state index contributed by atoms with van der Waals surface area (Å²) in [5.74, 6) is 2.04. The number of halogens is 1. The minimum absolute atomic E-state index is 0.280. The van der Waals surface area contributed by atoms with Gasteiger partial charge in [0.05, 0.1) is 32.7 Å². The second-order valence-corrected chi connectivity index (χ2v) is 7.14. The molecule has 3 rings (SSSR count). The summed E-state index contributed by atoms with van der Waals surface area (Å²) in [6.07, 6.45) is 1.86. The Morgan fingerprint density at radius 1 is 0.967 bits per heavy atom. The van der Waals surface area contributed by atoms with Gasteiger partial charge < -0.3 is 19.5 Å². The third-order valence-corrected chi connectivity index (χ3v) is 5.04. The van der Waals surface area contributed by atoms with E-state index < -0.39 is 0 Å². The van der Waals surface area contributed by atoms with Gasteiger partial charge in [0.1, 0.15) is 17.4 Å². The van der Waals surface area contributed by atoms with Gasteiger partial charge in [-0.05, 0) is 42.7 Å². The average molecular weight is 443 g/mol. The second-order valence-electron chi connectivity index (χ2n) is 5.93. The number of benzene rings is 2. The van der Waals surface area contributed by atoms with Crippen molar-refractivity contribution in [3.8, 4) is 34.6 Å². The van der Waals surface area contributed by atoms with E-state index in [4.69, 9.17) is 25.8 Å². The molecule has 0 spiro atoms. The highest BCUT2D eigenvalue weighted by atomic mass is 35.5.